The van der Waals surface area contributed by atoms with E-state index in [2.05, 4.69) is 0 Å². The van der Waals surface area contributed by atoms with Crippen molar-refractivity contribution in [3.05, 3.63) is 33.4 Å². The van der Waals surface area contributed by atoms with Gasteiger partial charge in [0.25, 0.3) is 0 Å². The second-order valence-electron chi connectivity index (χ2n) is 8.95. The topological polar surface area (TPSA) is 51.2 Å². The third-order valence-electron chi connectivity index (χ3n) is 8.08. The van der Waals surface area contributed by atoms with Gasteiger partial charge < -0.3 is 0 Å². The zero-order chi connectivity index (χ0) is 15.9. The van der Waals surface area contributed by atoms with Crippen LogP contribution in [0.15, 0.2) is 0 Å². The summed E-state index contributed by atoms with van der Waals surface area (Å²) in [7, 11) is 0. The molecule has 0 radical (unpaired) electrons. The first-order valence-electron chi connectivity index (χ1n) is 9.45. The fourth-order valence-corrected chi connectivity index (χ4v) is 7.47. The van der Waals surface area contributed by atoms with E-state index in [-0.39, 0.29) is 17.8 Å². The third kappa shape index (κ3) is 1.11. The van der Waals surface area contributed by atoms with E-state index in [1.807, 2.05) is 0 Å². The summed E-state index contributed by atoms with van der Waals surface area (Å²) in [4.78, 5) is 37.4. The number of hydrogen-bond acceptors (Lipinski definition) is 3. The van der Waals surface area contributed by atoms with E-state index in [0.717, 1.165) is 19.3 Å². The molecule has 1 aromatic rings. The summed E-state index contributed by atoms with van der Waals surface area (Å²) in [5, 5.41) is 0. The van der Waals surface area contributed by atoms with Crippen LogP contribution in [0.25, 0.3) is 0 Å². The van der Waals surface area contributed by atoms with Gasteiger partial charge in [-0.05, 0) is 70.4 Å². The average molecular weight is 318 g/mol. The van der Waals surface area contributed by atoms with Crippen LogP contribution < -0.4 is 0 Å². The van der Waals surface area contributed by atoms with Gasteiger partial charge in [-0.15, -0.1) is 0 Å². The smallest absolute Gasteiger partial charge is 0.140 e. The SMILES string of the molecule is O=C1C[C@H]2C[C@@H]1c1c2c2c(c3c1[C@H]1CC(=O)[C@@H]3C1)[C@H]1CC(=O)[C@@H]2C1. The molecule has 0 amide bonds. The van der Waals surface area contributed by atoms with Gasteiger partial charge in [0.2, 0.25) is 0 Å². The normalized spacial score (nSPS) is 42.2. The maximum absolute atomic E-state index is 12.5. The number of benzene rings is 1. The lowest BCUT2D eigenvalue weighted by Crippen LogP contribution is -2.23. The molecule has 120 valence electrons. The predicted octanol–water partition coefficient (Wildman–Crippen LogP) is 3.32. The van der Waals surface area contributed by atoms with Gasteiger partial charge >= 0.3 is 0 Å². The van der Waals surface area contributed by atoms with E-state index in [0.29, 0.717) is 54.4 Å². The quantitative estimate of drug-likeness (QED) is 0.737. The van der Waals surface area contributed by atoms with Gasteiger partial charge in [0.05, 0.1) is 0 Å². The lowest BCUT2D eigenvalue weighted by molar-refractivity contribution is -0.119. The van der Waals surface area contributed by atoms with Crippen LogP contribution in [0, 0.1) is 0 Å². The molecule has 0 aliphatic heterocycles. The van der Waals surface area contributed by atoms with Crippen molar-refractivity contribution in [2.24, 2.45) is 0 Å². The number of ketones is 3. The van der Waals surface area contributed by atoms with Crippen LogP contribution in [0.4, 0.5) is 0 Å². The number of fused-ring (bicyclic) bond motifs is 18. The van der Waals surface area contributed by atoms with Crippen molar-refractivity contribution in [1.29, 1.82) is 0 Å². The molecule has 0 unspecified atom stereocenters. The van der Waals surface area contributed by atoms with Crippen LogP contribution in [0.2, 0.25) is 0 Å². The van der Waals surface area contributed by atoms with Crippen molar-refractivity contribution < 1.29 is 14.4 Å². The Labute approximate surface area is 139 Å². The van der Waals surface area contributed by atoms with Gasteiger partial charge in [-0.2, -0.15) is 0 Å². The van der Waals surface area contributed by atoms with Crippen molar-refractivity contribution in [1.82, 2.24) is 0 Å². The molecular weight excluding hydrogens is 300 g/mol. The molecule has 3 saturated carbocycles. The Hall–Kier alpha value is -1.77. The molecule has 6 aliphatic carbocycles. The zero-order valence-corrected chi connectivity index (χ0v) is 13.4. The van der Waals surface area contributed by atoms with E-state index in [1.54, 1.807) is 0 Å². The molecule has 24 heavy (non-hydrogen) atoms. The first kappa shape index (κ1) is 12.6. The van der Waals surface area contributed by atoms with Crippen LogP contribution in [-0.4, -0.2) is 17.3 Å². The maximum atomic E-state index is 12.5. The maximum Gasteiger partial charge on any atom is 0.140 e. The lowest BCUT2D eigenvalue weighted by atomic mass is 9.71. The number of carbonyl (C=O) groups is 3. The Morgan fingerprint density at radius 3 is 1.04 bits per heavy atom. The summed E-state index contributed by atoms with van der Waals surface area (Å²) < 4.78 is 0. The zero-order valence-electron chi connectivity index (χ0n) is 13.4. The molecule has 0 heterocycles. The lowest BCUT2D eigenvalue weighted by Gasteiger charge is -2.31. The molecule has 0 aromatic heterocycles. The van der Waals surface area contributed by atoms with E-state index >= 15 is 0 Å². The number of rotatable bonds is 0. The Bertz CT molecular complexity index is 783. The summed E-state index contributed by atoms with van der Waals surface area (Å²) in [6.07, 6.45) is 4.94. The highest BCUT2D eigenvalue weighted by atomic mass is 16.1. The van der Waals surface area contributed by atoms with Crippen molar-refractivity contribution in [3.8, 4) is 0 Å². The second-order valence-corrected chi connectivity index (χ2v) is 8.95. The molecule has 1 aromatic carbocycles. The van der Waals surface area contributed by atoms with Gasteiger partial charge in [0.1, 0.15) is 17.3 Å². The van der Waals surface area contributed by atoms with E-state index in [9.17, 15) is 14.4 Å². The largest absolute Gasteiger partial charge is 0.299 e. The Morgan fingerprint density at radius 1 is 0.458 bits per heavy atom. The third-order valence-corrected chi connectivity index (χ3v) is 8.08. The fourth-order valence-electron chi connectivity index (χ4n) is 7.47. The number of hydrogen-bond donors (Lipinski definition) is 0. The van der Waals surface area contributed by atoms with Crippen LogP contribution >= 0.6 is 0 Å². The average Bonchev–Trinajstić information content (AvgIpc) is 3.31. The molecule has 6 aliphatic rings. The number of carbonyl (C=O) groups excluding carboxylic acids is 3. The molecule has 3 nitrogen and oxygen atoms in total. The molecule has 6 bridgehead atoms. The Morgan fingerprint density at radius 2 is 0.750 bits per heavy atom. The Kier molecular flexibility index (Phi) is 1.88. The molecule has 7 rings (SSSR count). The van der Waals surface area contributed by atoms with Gasteiger partial charge in [-0.1, -0.05) is 0 Å². The molecule has 0 spiro atoms. The highest BCUT2D eigenvalue weighted by Gasteiger charge is 2.58. The minimum atomic E-state index is 0.0766. The van der Waals surface area contributed by atoms with E-state index in [4.69, 9.17) is 0 Å². The minimum absolute atomic E-state index is 0.0766. The molecular formula is C21H18O3. The summed E-state index contributed by atoms with van der Waals surface area (Å²) in [6.45, 7) is 0. The highest BCUT2D eigenvalue weighted by Crippen LogP contribution is 2.67. The van der Waals surface area contributed by atoms with Crippen LogP contribution in [-0.2, 0) is 14.4 Å². The highest BCUT2D eigenvalue weighted by molar-refractivity contribution is 6.00. The number of Topliss-reactive ketones (excluding diaryl/α,β-unsaturated/α-hetero) is 3. The first-order chi connectivity index (χ1) is 11.6. The van der Waals surface area contributed by atoms with Gasteiger partial charge in [0, 0.05) is 37.0 Å². The summed E-state index contributed by atoms with van der Waals surface area (Å²) in [6, 6.07) is 0. The molecule has 3 fully saturated rings. The van der Waals surface area contributed by atoms with E-state index in [1.165, 1.54) is 33.4 Å². The first-order valence-corrected chi connectivity index (χ1v) is 9.45. The van der Waals surface area contributed by atoms with Crippen molar-refractivity contribution in [2.75, 3.05) is 0 Å². The van der Waals surface area contributed by atoms with Crippen molar-refractivity contribution in [2.45, 2.75) is 74.0 Å². The summed E-state index contributed by atoms with van der Waals surface area (Å²) in [5.74, 6) is 2.51. The standard InChI is InChI=1S/C21H18O3/c22-13-4-7-1-10(13)19-16(7)20-11-3-9(6-14(11)23)18(20)21-12-2-8(17(19)21)5-15(12)24/h7-12H,1-6H2/t7-,8-,9-,10+,11+,12+/m1/s1. The van der Waals surface area contributed by atoms with Gasteiger partial charge in [-0.25, -0.2) is 0 Å². The fraction of sp³-hybridized carbons (Fsp3) is 0.571. The Balaban J connectivity index is 1.64. The van der Waals surface area contributed by atoms with Crippen LogP contribution in [0.5, 0.6) is 0 Å². The second kappa shape index (κ2) is 3.58. The predicted molar refractivity (Wildman–Crippen MR) is 85.6 cm³/mol. The van der Waals surface area contributed by atoms with Crippen LogP contribution in [0.3, 0.4) is 0 Å². The summed E-state index contributed by atoms with van der Waals surface area (Å²) in [5.41, 5.74) is 8.16. The van der Waals surface area contributed by atoms with Gasteiger partial charge in [0.15, 0.2) is 0 Å². The van der Waals surface area contributed by atoms with E-state index < -0.39 is 0 Å². The molecule has 0 saturated heterocycles. The molecule has 6 atom stereocenters. The monoisotopic (exact) mass is 318 g/mol. The van der Waals surface area contributed by atoms with Gasteiger partial charge in [-0.3, -0.25) is 14.4 Å². The molecule has 0 N–H and O–H groups in total. The summed E-state index contributed by atoms with van der Waals surface area (Å²) >= 11 is 0. The molecule has 3 heteroatoms. The van der Waals surface area contributed by atoms with Crippen LogP contribution in [0.1, 0.15) is 107 Å². The van der Waals surface area contributed by atoms with Crippen molar-refractivity contribution >= 4 is 17.3 Å². The van der Waals surface area contributed by atoms with Crippen molar-refractivity contribution in [3.63, 3.8) is 0 Å². The minimum Gasteiger partial charge on any atom is -0.299 e.